The number of aliphatic imine (C=N–C) groups is 1. The number of thiol groups is 1. The van der Waals surface area contributed by atoms with Gasteiger partial charge < -0.3 is 69.9 Å². The maximum Gasteiger partial charge on any atom is 0.326 e. The topological polar surface area (TPSA) is 381 Å². The summed E-state index contributed by atoms with van der Waals surface area (Å²) in [5.74, 6) is -9.42. The Bertz CT molecular complexity index is 1680. The van der Waals surface area contributed by atoms with Crippen LogP contribution in [0.1, 0.15) is 102 Å². The molecule has 23 nitrogen and oxygen atoms in total. The van der Waals surface area contributed by atoms with Gasteiger partial charge in [-0.1, -0.05) is 69.2 Å². The smallest absolute Gasteiger partial charge is 0.326 e. The molecule has 24 heteroatoms. The first-order chi connectivity index (χ1) is 30.6. The molecule has 0 rings (SSSR count). The summed E-state index contributed by atoms with van der Waals surface area (Å²) in [5.41, 5.74) is 16.5. The summed E-state index contributed by atoms with van der Waals surface area (Å²) in [4.78, 5) is 123. The number of carboxylic acid groups (broad SMARTS) is 1. The molecule has 9 atom stereocenters. The van der Waals surface area contributed by atoms with Gasteiger partial charge >= 0.3 is 5.97 Å². The van der Waals surface area contributed by atoms with Crippen LogP contribution < -0.4 is 59.7 Å². The summed E-state index contributed by atoms with van der Waals surface area (Å²) in [7, 11) is 0. The molecule has 0 aromatic heterocycles. The Morgan fingerprint density at radius 3 is 1.30 bits per heavy atom. The molecular weight excluding hydrogens is 881 g/mol. The van der Waals surface area contributed by atoms with Crippen LogP contribution in [0.2, 0.25) is 0 Å². The van der Waals surface area contributed by atoms with Gasteiger partial charge in [0.25, 0.3) is 0 Å². The normalized spacial score (nSPS) is 15.5. The van der Waals surface area contributed by atoms with Crippen molar-refractivity contribution in [3.63, 3.8) is 0 Å². The molecule has 0 radical (unpaired) electrons. The van der Waals surface area contributed by atoms with Crippen molar-refractivity contribution in [2.75, 3.05) is 18.9 Å². The molecule has 8 amide bonds. The number of hydrogen-bond acceptors (Lipinski definition) is 13. The van der Waals surface area contributed by atoms with E-state index < -0.39 is 126 Å². The molecule has 0 aliphatic heterocycles. The van der Waals surface area contributed by atoms with E-state index in [9.17, 15) is 53.4 Å². The number of carboxylic acids is 1. The van der Waals surface area contributed by atoms with Gasteiger partial charge in [-0.25, -0.2) is 4.79 Å². The molecule has 0 heterocycles. The van der Waals surface area contributed by atoms with Gasteiger partial charge in [0.1, 0.15) is 48.3 Å². The van der Waals surface area contributed by atoms with E-state index in [1.807, 2.05) is 13.8 Å². The molecule has 0 aliphatic rings. The summed E-state index contributed by atoms with van der Waals surface area (Å²) in [6.45, 7) is 17.5. The second kappa shape index (κ2) is 30.1. The number of hydrogen-bond donors (Lipinski definition) is 14. The molecule has 66 heavy (non-hydrogen) atoms. The van der Waals surface area contributed by atoms with Crippen LogP contribution in [0.25, 0.3) is 0 Å². The molecular formula is C42H78N12O11S. The number of carbonyl (C=O) groups is 9. The Morgan fingerprint density at radius 2 is 0.894 bits per heavy atom. The zero-order chi connectivity index (χ0) is 51.2. The summed E-state index contributed by atoms with van der Waals surface area (Å²) in [5, 5.41) is 40.3. The van der Waals surface area contributed by atoms with E-state index in [4.69, 9.17) is 17.2 Å². The maximum absolute atomic E-state index is 13.8. The average molecular weight is 959 g/mol. The number of aliphatic hydroxyl groups is 1. The number of nitrogens with two attached hydrogens (primary N) is 3. The van der Waals surface area contributed by atoms with Crippen molar-refractivity contribution in [3.05, 3.63) is 0 Å². The van der Waals surface area contributed by atoms with Crippen LogP contribution in [0.3, 0.4) is 0 Å². The summed E-state index contributed by atoms with van der Waals surface area (Å²) >= 11 is 4.01. The monoisotopic (exact) mass is 959 g/mol. The third kappa shape index (κ3) is 22.3. The van der Waals surface area contributed by atoms with E-state index in [0.29, 0.717) is 0 Å². The van der Waals surface area contributed by atoms with E-state index in [1.165, 1.54) is 6.92 Å². The molecule has 16 N–H and O–H groups in total. The Kier molecular flexibility index (Phi) is 27.7. The second-order valence-electron chi connectivity index (χ2n) is 18.2. The zero-order valence-corrected chi connectivity index (χ0v) is 41.1. The van der Waals surface area contributed by atoms with Gasteiger partial charge in [0.05, 0.1) is 12.6 Å². The van der Waals surface area contributed by atoms with E-state index in [0.717, 1.165) is 0 Å². The second-order valence-corrected chi connectivity index (χ2v) is 18.5. The maximum atomic E-state index is 13.8. The van der Waals surface area contributed by atoms with Crippen LogP contribution in [0.4, 0.5) is 0 Å². The van der Waals surface area contributed by atoms with Crippen LogP contribution in [0.15, 0.2) is 4.99 Å². The standard InChI is InChI=1S/C42H78N12O11S/c1-19(2)15-27(49-33(56)24(11)47-39(62)30(21(5)6)52-34(57)25(43)18-66)36(59)50-28(16-20(3)4)37(60)51-29(17-55)38(61)53-31(22(7)8)40(63)48-26(13-12-14-46-42(44)45)35(58)54-32(23(9)10)41(64)65/h19-32,55,66H,12-18,43H2,1-11H3,(H,47,62)(H,48,63)(H,49,56)(H,50,59)(H,51,60)(H,52,57)(H,53,61)(H,54,58)(H,64,65)(H4,44,45,46)/t24-,25-,26-,27-,28-,29-,30-,31-,32-/m0/s1. The Morgan fingerprint density at radius 1 is 0.515 bits per heavy atom. The minimum Gasteiger partial charge on any atom is -0.480 e. The van der Waals surface area contributed by atoms with Gasteiger partial charge in [-0.15, -0.1) is 0 Å². The number of guanidine groups is 1. The van der Waals surface area contributed by atoms with Crippen molar-refractivity contribution in [2.45, 2.75) is 156 Å². The third-order valence-corrected chi connectivity index (χ3v) is 10.5. The van der Waals surface area contributed by atoms with Crippen LogP contribution in [0.5, 0.6) is 0 Å². The molecule has 0 saturated carbocycles. The minimum atomic E-state index is -1.62. The first-order valence-corrected chi connectivity index (χ1v) is 22.9. The number of amides is 8. The molecule has 378 valence electrons. The molecule has 0 fully saturated rings. The quantitative estimate of drug-likeness (QED) is 0.0151. The van der Waals surface area contributed by atoms with Crippen molar-refractivity contribution in [3.8, 4) is 0 Å². The lowest BCUT2D eigenvalue weighted by Crippen LogP contribution is -2.61. The highest BCUT2D eigenvalue weighted by Gasteiger charge is 2.36. The van der Waals surface area contributed by atoms with E-state index >= 15 is 0 Å². The van der Waals surface area contributed by atoms with Crippen LogP contribution in [0, 0.1) is 29.6 Å². The summed E-state index contributed by atoms with van der Waals surface area (Å²) in [6.07, 6.45) is 0.378. The molecule has 0 aromatic rings. The first kappa shape index (κ1) is 60.8. The number of aliphatic hydroxyl groups excluding tert-OH is 1. The third-order valence-electron chi connectivity index (χ3n) is 10.1. The predicted molar refractivity (Wildman–Crippen MR) is 251 cm³/mol. The number of nitrogens with zero attached hydrogens (tertiary/aromatic N) is 1. The fourth-order valence-corrected chi connectivity index (χ4v) is 6.44. The Balaban J connectivity index is 6.22. The molecule has 0 aromatic carbocycles. The molecule has 0 bridgehead atoms. The van der Waals surface area contributed by atoms with E-state index in [1.54, 1.807) is 55.4 Å². The number of carbonyl (C=O) groups excluding carboxylic acids is 8. The van der Waals surface area contributed by atoms with Crippen molar-refractivity contribution >= 4 is 71.8 Å². The number of rotatable bonds is 30. The lowest BCUT2D eigenvalue weighted by atomic mass is 9.99. The largest absolute Gasteiger partial charge is 0.480 e. The summed E-state index contributed by atoms with van der Waals surface area (Å²) < 4.78 is 0. The van der Waals surface area contributed by atoms with E-state index in [-0.39, 0.29) is 61.7 Å². The Hall–Kier alpha value is -5.23. The molecule has 0 saturated heterocycles. The molecule has 0 spiro atoms. The predicted octanol–water partition coefficient (Wildman–Crippen LogP) is -2.67. The van der Waals surface area contributed by atoms with Crippen LogP contribution in [-0.2, 0) is 43.2 Å². The average Bonchev–Trinajstić information content (AvgIpc) is 3.21. The van der Waals surface area contributed by atoms with Crippen molar-refractivity contribution in [1.82, 2.24) is 42.5 Å². The van der Waals surface area contributed by atoms with Crippen molar-refractivity contribution < 1.29 is 53.4 Å². The highest BCUT2D eigenvalue weighted by Crippen LogP contribution is 2.12. The van der Waals surface area contributed by atoms with Gasteiger partial charge in [0.15, 0.2) is 5.96 Å². The lowest BCUT2D eigenvalue weighted by molar-refractivity contribution is -0.143. The SMILES string of the molecule is CC(C)C[C@H](NC(=O)[C@H](C)NC(=O)[C@@H](NC(=O)[C@@H](N)CS)C(C)C)C(=O)N[C@@H](CC(C)C)C(=O)N[C@@H](CO)C(=O)N[C@H](C(=O)N[C@@H](CCCN=C(N)N)C(=O)N[C@H](C(=O)O)C(C)C)C(C)C. The number of aliphatic carboxylic acids is 1. The van der Waals surface area contributed by atoms with Gasteiger partial charge in [0.2, 0.25) is 47.3 Å². The minimum absolute atomic E-state index is 0.0140. The highest BCUT2D eigenvalue weighted by molar-refractivity contribution is 7.80. The van der Waals surface area contributed by atoms with Crippen molar-refractivity contribution in [1.29, 1.82) is 0 Å². The van der Waals surface area contributed by atoms with Crippen LogP contribution in [-0.4, -0.2) is 143 Å². The number of nitrogens with one attached hydrogen (secondary N) is 8. The molecule has 0 unspecified atom stereocenters. The van der Waals surface area contributed by atoms with Gasteiger partial charge in [-0.3, -0.25) is 43.3 Å². The fraction of sp³-hybridized carbons (Fsp3) is 0.762. The van der Waals surface area contributed by atoms with Crippen molar-refractivity contribution in [2.24, 2.45) is 51.8 Å². The fourth-order valence-electron chi connectivity index (χ4n) is 6.28. The van der Waals surface area contributed by atoms with Gasteiger partial charge in [0, 0.05) is 12.3 Å². The van der Waals surface area contributed by atoms with Crippen LogP contribution >= 0.6 is 12.6 Å². The lowest BCUT2D eigenvalue weighted by Gasteiger charge is -2.29. The highest BCUT2D eigenvalue weighted by atomic mass is 32.1. The molecule has 0 aliphatic carbocycles. The van der Waals surface area contributed by atoms with Gasteiger partial charge in [-0.05, 0) is 62.2 Å². The summed E-state index contributed by atoms with van der Waals surface area (Å²) in [6, 6.07) is -11.1. The van der Waals surface area contributed by atoms with Gasteiger partial charge in [-0.2, -0.15) is 12.6 Å². The first-order valence-electron chi connectivity index (χ1n) is 22.3. The Labute approximate surface area is 393 Å². The zero-order valence-electron chi connectivity index (χ0n) is 40.2. The van der Waals surface area contributed by atoms with E-state index in [2.05, 4.69) is 60.2 Å².